The molecule has 4 aromatic rings. The van der Waals surface area contributed by atoms with E-state index in [1.165, 1.54) is 35.6 Å². The zero-order chi connectivity index (χ0) is 21.5. The molecule has 30 heavy (non-hydrogen) atoms. The number of fused-ring (bicyclic) bond motifs is 1. The Morgan fingerprint density at radius 2 is 2.00 bits per heavy atom. The predicted octanol–water partition coefficient (Wildman–Crippen LogP) is 2.61. The van der Waals surface area contributed by atoms with Gasteiger partial charge in [0.05, 0.1) is 30.1 Å². The van der Waals surface area contributed by atoms with Gasteiger partial charge in [0.15, 0.2) is 5.82 Å². The average Bonchev–Trinajstić information content (AvgIpc) is 3.27. The van der Waals surface area contributed by atoms with Crippen molar-refractivity contribution in [3.05, 3.63) is 65.5 Å². The summed E-state index contributed by atoms with van der Waals surface area (Å²) in [6.07, 6.45) is 2.43. The number of rotatable bonds is 4. The minimum atomic E-state index is -4.56. The Hall–Kier alpha value is -3.60. The third-order valence-electron chi connectivity index (χ3n) is 4.59. The summed E-state index contributed by atoms with van der Waals surface area (Å²) in [4.78, 5) is 29.3. The summed E-state index contributed by atoms with van der Waals surface area (Å²) in [6, 6.07) is 3.05. The van der Waals surface area contributed by atoms with E-state index in [-0.39, 0.29) is 17.7 Å². The van der Waals surface area contributed by atoms with Crippen LogP contribution in [0, 0.1) is 0 Å². The largest absolute Gasteiger partial charge is 0.433 e. The van der Waals surface area contributed by atoms with E-state index in [1.54, 1.807) is 17.7 Å². The molecule has 0 bridgehead atoms. The van der Waals surface area contributed by atoms with Gasteiger partial charge in [-0.3, -0.25) is 18.9 Å². The summed E-state index contributed by atoms with van der Waals surface area (Å²) in [6.45, 7) is 1.40. The van der Waals surface area contributed by atoms with Crippen molar-refractivity contribution in [2.24, 2.45) is 0 Å². The van der Waals surface area contributed by atoms with E-state index in [2.05, 4.69) is 19.9 Å². The third kappa shape index (κ3) is 3.43. The highest BCUT2D eigenvalue weighted by Gasteiger charge is 2.32. The molecule has 154 valence electrons. The predicted molar refractivity (Wildman–Crippen MR) is 101 cm³/mol. The third-order valence-corrected chi connectivity index (χ3v) is 4.59. The summed E-state index contributed by atoms with van der Waals surface area (Å²) in [5.74, 6) is 0.292. The van der Waals surface area contributed by atoms with Gasteiger partial charge < -0.3 is 5.11 Å². The molecule has 0 radical (unpaired) electrons. The van der Waals surface area contributed by atoms with Crippen LogP contribution in [0.4, 0.5) is 13.2 Å². The van der Waals surface area contributed by atoms with Crippen LogP contribution in [0.2, 0.25) is 0 Å². The molecular weight excluding hydrogens is 401 g/mol. The molecule has 0 aliphatic heterocycles. The summed E-state index contributed by atoms with van der Waals surface area (Å²) in [7, 11) is 0. The highest BCUT2D eigenvalue weighted by molar-refractivity contribution is 5.87. The first kappa shape index (κ1) is 19.7. The van der Waals surface area contributed by atoms with Gasteiger partial charge in [-0.15, -0.1) is 0 Å². The summed E-state index contributed by atoms with van der Waals surface area (Å²) in [5, 5.41) is 9.60. The fraction of sp³-hybridized carbons (Fsp3) is 0.211. The van der Waals surface area contributed by atoms with Crippen molar-refractivity contribution in [1.29, 1.82) is 0 Å². The number of imidazole rings is 1. The van der Waals surface area contributed by atoms with E-state index in [9.17, 15) is 23.1 Å². The van der Waals surface area contributed by atoms with Crippen molar-refractivity contribution in [2.45, 2.75) is 19.1 Å². The van der Waals surface area contributed by atoms with Crippen LogP contribution in [-0.2, 0) is 6.18 Å². The first-order chi connectivity index (χ1) is 14.3. The van der Waals surface area contributed by atoms with Crippen LogP contribution in [0.1, 0.15) is 18.7 Å². The van der Waals surface area contributed by atoms with Crippen LogP contribution in [0.25, 0.3) is 28.0 Å². The number of aliphatic hydroxyl groups is 1. The van der Waals surface area contributed by atoms with Crippen molar-refractivity contribution in [3.63, 3.8) is 0 Å². The van der Waals surface area contributed by atoms with Crippen LogP contribution in [0.3, 0.4) is 0 Å². The SMILES string of the molecule is C[C@@H](CO)n1cnc2c(-n3ccnc3)nc(-c3ccc(C(F)(F)F)nc3)cc2c1=O. The van der Waals surface area contributed by atoms with Crippen LogP contribution < -0.4 is 5.56 Å². The fourth-order valence-corrected chi connectivity index (χ4v) is 2.95. The number of hydrogen-bond acceptors (Lipinski definition) is 6. The van der Waals surface area contributed by atoms with Gasteiger partial charge in [0.2, 0.25) is 0 Å². The van der Waals surface area contributed by atoms with Gasteiger partial charge >= 0.3 is 6.18 Å². The quantitative estimate of drug-likeness (QED) is 0.549. The minimum absolute atomic E-state index is 0.200. The van der Waals surface area contributed by atoms with E-state index in [0.717, 1.165) is 12.3 Å². The van der Waals surface area contributed by atoms with Gasteiger partial charge in [-0.2, -0.15) is 13.2 Å². The Bertz CT molecular complexity index is 1250. The van der Waals surface area contributed by atoms with Crippen molar-refractivity contribution in [1.82, 2.24) is 29.1 Å². The lowest BCUT2D eigenvalue weighted by molar-refractivity contribution is -0.141. The van der Waals surface area contributed by atoms with Gasteiger partial charge in [-0.05, 0) is 25.1 Å². The highest BCUT2D eigenvalue weighted by Crippen LogP contribution is 2.29. The van der Waals surface area contributed by atoms with Crippen molar-refractivity contribution in [3.8, 4) is 17.1 Å². The molecule has 11 heteroatoms. The summed E-state index contributed by atoms with van der Waals surface area (Å²) < 4.78 is 41.3. The maximum atomic E-state index is 13.0. The lowest BCUT2D eigenvalue weighted by Crippen LogP contribution is -2.26. The van der Waals surface area contributed by atoms with Crippen LogP contribution in [0.5, 0.6) is 0 Å². The molecule has 4 heterocycles. The smallest absolute Gasteiger partial charge is 0.394 e. The number of aromatic nitrogens is 6. The Kier molecular flexibility index (Phi) is 4.82. The van der Waals surface area contributed by atoms with Crippen LogP contribution in [0.15, 0.2) is 54.2 Å². The molecule has 0 amide bonds. The molecule has 0 aliphatic carbocycles. The van der Waals surface area contributed by atoms with Gasteiger partial charge in [-0.25, -0.2) is 15.0 Å². The molecule has 4 aromatic heterocycles. The van der Waals surface area contributed by atoms with Crippen LogP contribution in [-0.4, -0.2) is 40.8 Å². The van der Waals surface area contributed by atoms with Gasteiger partial charge in [0.1, 0.15) is 17.5 Å². The zero-order valence-corrected chi connectivity index (χ0v) is 15.6. The van der Waals surface area contributed by atoms with Crippen molar-refractivity contribution >= 4 is 10.9 Å². The van der Waals surface area contributed by atoms with E-state index in [1.807, 2.05) is 0 Å². The molecular formula is C19H15F3N6O2. The number of hydrogen-bond donors (Lipinski definition) is 1. The minimum Gasteiger partial charge on any atom is -0.394 e. The maximum absolute atomic E-state index is 13.0. The van der Waals surface area contributed by atoms with Crippen molar-refractivity contribution in [2.75, 3.05) is 6.61 Å². The molecule has 1 atom stereocenters. The zero-order valence-electron chi connectivity index (χ0n) is 15.6. The normalized spacial score (nSPS) is 13.0. The molecule has 0 fully saturated rings. The summed E-state index contributed by atoms with van der Waals surface area (Å²) in [5.41, 5.74) is -0.589. The van der Waals surface area contributed by atoms with E-state index in [4.69, 9.17) is 0 Å². The molecule has 0 unspecified atom stereocenters. The highest BCUT2D eigenvalue weighted by atomic mass is 19.4. The number of halogens is 3. The molecule has 0 aromatic carbocycles. The Morgan fingerprint density at radius 1 is 1.20 bits per heavy atom. The number of nitrogens with zero attached hydrogens (tertiary/aromatic N) is 6. The lowest BCUT2D eigenvalue weighted by Gasteiger charge is -2.14. The van der Waals surface area contributed by atoms with Gasteiger partial charge in [0, 0.05) is 24.2 Å². The first-order valence-electron chi connectivity index (χ1n) is 8.84. The molecule has 4 rings (SSSR count). The Morgan fingerprint density at radius 3 is 2.60 bits per heavy atom. The number of pyridine rings is 2. The topological polar surface area (TPSA) is 98.7 Å². The van der Waals surface area contributed by atoms with E-state index >= 15 is 0 Å². The van der Waals surface area contributed by atoms with Gasteiger partial charge in [-0.1, -0.05) is 0 Å². The Labute approximate surface area is 167 Å². The second-order valence-corrected chi connectivity index (χ2v) is 6.62. The van der Waals surface area contributed by atoms with Crippen molar-refractivity contribution < 1.29 is 18.3 Å². The van der Waals surface area contributed by atoms with Gasteiger partial charge in [0.25, 0.3) is 5.56 Å². The molecule has 8 nitrogen and oxygen atoms in total. The average molecular weight is 416 g/mol. The second kappa shape index (κ2) is 7.34. The first-order valence-corrected chi connectivity index (χ1v) is 8.84. The molecule has 0 saturated carbocycles. The molecule has 0 aliphatic rings. The summed E-state index contributed by atoms with van der Waals surface area (Å²) >= 11 is 0. The fourth-order valence-electron chi connectivity index (χ4n) is 2.95. The number of aliphatic hydroxyl groups excluding tert-OH is 1. The van der Waals surface area contributed by atoms with Crippen LogP contribution >= 0.6 is 0 Å². The second-order valence-electron chi connectivity index (χ2n) is 6.62. The number of alkyl halides is 3. The molecule has 0 spiro atoms. The monoisotopic (exact) mass is 416 g/mol. The van der Waals surface area contributed by atoms with E-state index in [0.29, 0.717) is 16.9 Å². The van der Waals surface area contributed by atoms with E-state index < -0.39 is 23.5 Å². The molecule has 1 N–H and O–H groups in total. The molecule has 0 saturated heterocycles. The lowest BCUT2D eigenvalue weighted by atomic mass is 10.1. The Balaban J connectivity index is 1.96. The maximum Gasteiger partial charge on any atom is 0.433 e. The standard InChI is InChI=1S/C19H15F3N6O2/c1-11(8-29)28-10-25-16-13(18(28)30)6-14(26-17(16)27-5-4-23-9-27)12-2-3-15(24-7-12)19(20,21)22/h2-7,9-11,29H,8H2,1H3/t11-/m0/s1.